The number of unbranched alkanes of at least 4 members (excludes halogenated alkanes) is 1. The highest BCUT2D eigenvalue weighted by atomic mass is 32.2. The van der Waals surface area contributed by atoms with Crippen molar-refractivity contribution >= 4 is 11.8 Å². The van der Waals surface area contributed by atoms with Crippen molar-refractivity contribution < 1.29 is 4.74 Å². The Balaban J connectivity index is 0. The van der Waals surface area contributed by atoms with Crippen LogP contribution in [0, 0.1) is 0 Å². The number of thioether (sulfide) groups is 1. The van der Waals surface area contributed by atoms with Crippen molar-refractivity contribution in [2.75, 3.05) is 5.94 Å². The van der Waals surface area contributed by atoms with Gasteiger partial charge in [-0.05, 0) is 13.8 Å². The molecule has 0 aromatic heterocycles. The standard InChI is InChI=1S/C5H8OS.C4H10.C2H6/c1-4-5(2)7-3-6-4;1-3-4-2;1-2/h3H2,1-2H3;3-4H2,1-2H3;1-2H3. The molecule has 0 N–H and O–H groups in total. The molecule has 1 rings (SSSR count). The van der Waals surface area contributed by atoms with Crippen molar-refractivity contribution in [3.8, 4) is 0 Å². The molecule has 1 aliphatic heterocycles. The minimum atomic E-state index is 0.817. The van der Waals surface area contributed by atoms with Crippen LogP contribution in [0.5, 0.6) is 0 Å². The van der Waals surface area contributed by atoms with Gasteiger partial charge in [-0.2, -0.15) is 0 Å². The van der Waals surface area contributed by atoms with Crippen LogP contribution in [0.1, 0.15) is 54.4 Å². The molecule has 1 heterocycles. The van der Waals surface area contributed by atoms with E-state index in [4.69, 9.17) is 4.74 Å². The van der Waals surface area contributed by atoms with Crippen LogP contribution in [0.4, 0.5) is 0 Å². The lowest BCUT2D eigenvalue weighted by atomic mass is 10.4. The van der Waals surface area contributed by atoms with Crippen LogP contribution in [0.3, 0.4) is 0 Å². The van der Waals surface area contributed by atoms with Gasteiger partial charge in [-0.3, -0.25) is 0 Å². The van der Waals surface area contributed by atoms with E-state index in [0.29, 0.717) is 0 Å². The normalized spacial score (nSPS) is 13.7. The molecule has 0 saturated carbocycles. The second-order valence-corrected chi connectivity index (χ2v) is 3.66. The van der Waals surface area contributed by atoms with Gasteiger partial charge in [-0.15, -0.1) is 0 Å². The molecule has 0 aromatic carbocycles. The predicted molar refractivity (Wildman–Crippen MR) is 63.8 cm³/mol. The molecule has 1 nitrogen and oxygen atoms in total. The molecule has 0 atom stereocenters. The van der Waals surface area contributed by atoms with Gasteiger partial charge >= 0.3 is 0 Å². The van der Waals surface area contributed by atoms with Crippen molar-refractivity contribution in [2.45, 2.75) is 54.4 Å². The zero-order valence-corrected chi connectivity index (χ0v) is 10.8. The lowest BCUT2D eigenvalue weighted by Gasteiger charge is -1.89. The van der Waals surface area contributed by atoms with Crippen LogP contribution in [-0.2, 0) is 4.74 Å². The zero-order chi connectivity index (χ0) is 10.7. The molecule has 2 heteroatoms. The van der Waals surface area contributed by atoms with E-state index >= 15 is 0 Å². The van der Waals surface area contributed by atoms with E-state index in [1.807, 2.05) is 20.8 Å². The quantitative estimate of drug-likeness (QED) is 0.607. The summed E-state index contributed by atoms with van der Waals surface area (Å²) >= 11 is 1.76. The van der Waals surface area contributed by atoms with Crippen LogP contribution in [0.25, 0.3) is 0 Å². The third-order valence-electron chi connectivity index (χ3n) is 1.55. The highest BCUT2D eigenvalue weighted by molar-refractivity contribution is 8.03. The minimum Gasteiger partial charge on any atom is -0.486 e. The van der Waals surface area contributed by atoms with Crippen molar-refractivity contribution in [1.82, 2.24) is 0 Å². The number of hydrogen-bond donors (Lipinski definition) is 0. The molecule has 1 aliphatic rings. The van der Waals surface area contributed by atoms with Gasteiger partial charge in [0.05, 0.1) is 0 Å². The van der Waals surface area contributed by atoms with E-state index < -0.39 is 0 Å². The summed E-state index contributed by atoms with van der Waals surface area (Å²) in [6.07, 6.45) is 2.64. The average Bonchev–Trinajstić information content (AvgIpc) is 2.55. The van der Waals surface area contributed by atoms with Gasteiger partial charge in [0.25, 0.3) is 0 Å². The molecule has 0 saturated heterocycles. The molecule has 0 aliphatic carbocycles. The zero-order valence-electron chi connectivity index (χ0n) is 9.94. The molecular formula is C11H24OS. The summed E-state index contributed by atoms with van der Waals surface area (Å²) in [5.74, 6) is 1.91. The van der Waals surface area contributed by atoms with Crippen LogP contribution < -0.4 is 0 Å². The molecule has 0 amide bonds. The Morgan fingerprint density at radius 3 is 1.69 bits per heavy atom. The predicted octanol–water partition coefficient (Wildman–Crippen LogP) is 4.79. The van der Waals surface area contributed by atoms with Gasteiger partial charge in [0.15, 0.2) is 0 Å². The molecule has 0 aromatic rings. The van der Waals surface area contributed by atoms with E-state index in [1.54, 1.807) is 11.8 Å². The smallest absolute Gasteiger partial charge is 0.137 e. The van der Waals surface area contributed by atoms with Crippen molar-refractivity contribution in [3.63, 3.8) is 0 Å². The van der Waals surface area contributed by atoms with Gasteiger partial charge in [-0.1, -0.05) is 52.3 Å². The van der Waals surface area contributed by atoms with Crippen molar-refractivity contribution in [1.29, 1.82) is 0 Å². The number of rotatable bonds is 1. The van der Waals surface area contributed by atoms with E-state index in [0.717, 1.165) is 11.7 Å². The van der Waals surface area contributed by atoms with Gasteiger partial charge in [0.2, 0.25) is 0 Å². The van der Waals surface area contributed by atoms with Gasteiger partial charge in [0.1, 0.15) is 11.7 Å². The first kappa shape index (κ1) is 15.4. The lowest BCUT2D eigenvalue weighted by molar-refractivity contribution is 0.282. The summed E-state index contributed by atoms with van der Waals surface area (Å²) in [5, 5.41) is 0. The number of allylic oxidation sites excluding steroid dienone is 2. The highest BCUT2D eigenvalue weighted by Crippen LogP contribution is 2.27. The van der Waals surface area contributed by atoms with Gasteiger partial charge < -0.3 is 4.74 Å². The Hall–Kier alpha value is -0.110. The van der Waals surface area contributed by atoms with Crippen LogP contribution >= 0.6 is 11.8 Å². The third-order valence-corrected chi connectivity index (χ3v) is 2.50. The Morgan fingerprint density at radius 2 is 1.62 bits per heavy atom. The van der Waals surface area contributed by atoms with Crippen molar-refractivity contribution in [3.05, 3.63) is 10.7 Å². The summed E-state index contributed by atoms with van der Waals surface area (Å²) in [7, 11) is 0. The fraction of sp³-hybridized carbons (Fsp3) is 0.818. The van der Waals surface area contributed by atoms with E-state index in [1.165, 1.54) is 17.7 Å². The Labute approximate surface area is 87.9 Å². The summed E-state index contributed by atoms with van der Waals surface area (Å²) in [5.41, 5.74) is 0. The summed E-state index contributed by atoms with van der Waals surface area (Å²) in [4.78, 5) is 1.32. The maximum atomic E-state index is 5.11. The second-order valence-electron chi connectivity index (χ2n) is 2.52. The Kier molecular flexibility index (Phi) is 14.1. The van der Waals surface area contributed by atoms with E-state index in [2.05, 4.69) is 20.8 Å². The molecule has 0 fully saturated rings. The summed E-state index contributed by atoms with van der Waals surface area (Å²) < 4.78 is 5.11. The molecule has 80 valence electrons. The average molecular weight is 204 g/mol. The van der Waals surface area contributed by atoms with Crippen LogP contribution in [0.15, 0.2) is 10.7 Å². The first-order valence-electron chi connectivity index (χ1n) is 5.15. The molecule has 0 radical (unpaired) electrons. The topological polar surface area (TPSA) is 9.23 Å². The van der Waals surface area contributed by atoms with Crippen molar-refractivity contribution in [2.24, 2.45) is 0 Å². The first-order valence-corrected chi connectivity index (χ1v) is 6.14. The molecule has 0 unspecified atom stereocenters. The summed E-state index contributed by atoms with van der Waals surface area (Å²) in [6, 6.07) is 0. The summed E-state index contributed by atoms with van der Waals surface area (Å²) in [6.45, 7) is 12.4. The molecule has 0 bridgehead atoms. The van der Waals surface area contributed by atoms with Gasteiger partial charge in [-0.25, -0.2) is 0 Å². The fourth-order valence-corrected chi connectivity index (χ4v) is 1.08. The number of ether oxygens (including phenoxy) is 1. The van der Waals surface area contributed by atoms with Crippen LogP contribution in [0.2, 0.25) is 0 Å². The maximum absolute atomic E-state index is 5.11. The largest absolute Gasteiger partial charge is 0.486 e. The first-order chi connectivity index (χ1) is 6.22. The maximum Gasteiger partial charge on any atom is 0.137 e. The van der Waals surface area contributed by atoms with Gasteiger partial charge in [0, 0.05) is 4.91 Å². The second kappa shape index (κ2) is 11.9. The SMILES string of the molecule is CC.CC1=C(C)SCO1.CCCC. The third kappa shape index (κ3) is 9.81. The monoisotopic (exact) mass is 204 g/mol. The Morgan fingerprint density at radius 1 is 1.15 bits per heavy atom. The molecular weight excluding hydrogens is 180 g/mol. The van der Waals surface area contributed by atoms with E-state index in [9.17, 15) is 0 Å². The molecule has 13 heavy (non-hydrogen) atoms. The molecule has 0 spiro atoms. The minimum absolute atomic E-state index is 0.817. The fourth-order valence-electron chi connectivity index (χ4n) is 0.410. The lowest BCUT2D eigenvalue weighted by Crippen LogP contribution is -1.74. The highest BCUT2D eigenvalue weighted by Gasteiger charge is 2.05. The van der Waals surface area contributed by atoms with Crippen LogP contribution in [-0.4, -0.2) is 5.94 Å². The number of hydrogen-bond acceptors (Lipinski definition) is 2. The Bertz CT molecular complexity index is 116. The van der Waals surface area contributed by atoms with E-state index in [-0.39, 0.29) is 0 Å².